The largest absolute Gasteiger partial charge is 0.390 e. The maximum Gasteiger partial charge on any atom is 0.332 e. The maximum absolute atomic E-state index is 13.4. The normalized spacial score (nSPS) is 14.0. The standard InChI is InChI=1S/C21H25ClN4O5S.C21H25ClN4O3S.C16H17ClN4O2S.C13H10BrClN4O2.C5H9BrO.C3H8S/c1-3-12-32(30,31)19-23-17-16(26(19)13-14-4-6-15(22)7-5-14)18(27)25(20(28)24(17)2)11-10-21(29)8-9-21;1-3-12-30-19-23-17-16(26(19)13-14-4-6-15(22)7-5-14)18(27)25(20(28)24(17)2)11-10-21(29)8-9-21;1-3-8-24-16-18-13-12(14(22)19-15(23)20(13)2)21(16)9-10-4-6-11(17)7-5-10;1-18-10-9(11(20)17-13(18)21)19(12(14)16-10)6-7-2-4-8(15)5-3-7;6-4-3-5(7)1-2-5;1-2-3-4/h4-7,29H,3,8-13H2,1-2H3;4-7,29H,3,8-13H2,1-2H3;4-7H,3,8-9H2,1-2H3,(H,19,22,23);2-5H,6H2,1H3,(H,17,20,21);7H,1-4H2;4H,2-3H2,1H3. The van der Waals surface area contributed by atoms with Crippen molar-refractivity contribution >= 4 is 169 Å². The van der Waals surface area contributed by atoms with E-state index in [0.29, 0.717) is 109 Å². The number of hydrogen-bond acceptors (Lipinski definition) is 20. The molecule has 4 aromatic carbocycles. The van der Waals surface area contributed by atoms with Crippen LogP contribution in [-0.4, -0.2) is 144 Å². The van der Waals surface area contributed by atoms with Gasteiger partial charge in [-0.2, -0.15) is 17.6 Å². The van der Waals surface area contributed by atoms with E-state index in [4.69, 9.17) is 51.5 Å². The SMILES string of the molecule is CCCS.CCCS(=O)(=O)c1nc2c(c(=O)n(CCC3(O)CC3)c(=O)n2C)n1Cc1ccc(Cl)cc1.CCCSc1nc2c(c(=O)[nH]c(=O)n2C)n1Cc1ccc(Cl)cc1.CCCSc1nc2c(c(=O)n(CCC3(O)CC3)c(=O)n2C)n1Cc1ccc(Cl)cc1.Cn1c(=O)[nH]c(=O)c2c1nc(Br)n2Cc1ccc(Cl)cc1.OC1(CCBr)CC1. The van der Waals surface area contributed by atoms with Gasteiger partial charge in [-0.15, -0.1) is 0 Å². The third-order valence-electron chi connectivity index (χ3n) is 19.8. The van der Waals surface area contributed by atoms with Gasteiger partial charge >= 0.3 is 22.8 Å². The molecule has 5 N–H and O–H groups in total. The number of aryl methyl sites for hydroxylation is 4. The maximum atomic E-state index is 13.4. The van der Waals surface area contributed by atoms with Gasteiger partial charge in [-0.25, -0.2) is 42.5 Å². The van der Waals surface area contributed by atoms with E-state index in [0.717, 1.165) is 99.5 Å². The van der Waals surface area contributed by atoms with Crippen LogP contribution in [-0.2, 0) is 77.3 Å². The van der Waals surface area contributed by atoms with Crippen molar-refractivity contribution in [3.63, 3.8) is 0 Å². The molecule has 0 aliphatic heterocycles. The first-order chi connectivity index (χ1) is 56.0. The van der Waals surface area contributed by atoms with Crippen molar-refractivity contribution in [3.05, 3.63) is 227 Å². The number of hydrogen-bond donors (Lipinski definition) is 6. The molecule has 118 heavy (non-hydrogen) atoms. The van der Waals surface area contributed by atoms with E-state index in [1.165, 1.54) is 40.9 Å². The number of nitrogens with one attached hydrogen (secondary N) is 2. The second-order valence-corrected chi connectivity index (χ2v) is 37.0. The number of sulfone groups is 1. The van der Waals surface area contributed by atoms with Crippen LogP contribution < -0.4 is 45.0 Å². The Morgan fingerprint density at radius 1 is 0.449 bits per heavy atom. The van der Waals surface area contributed by atoms with Gasteiger partial charge in [0.1, 0.15) is 0 Å². The minimum atomic E-state index is -3.79. The Bertz CT molecular complexity index is 6220. The van der Waals surface area contributed by atoms with Crippen molar-refractivity contribution in [1.82, 2.24) is 75.6 Å². The van der Waals surface area contributed by atoms with Gasteiger partial charge < -0.3 is 33.6 Å². The Balaban J connectivity index is 0.000000160. The highest BCUT2D eigenvalue weighted by atomic mass is 79.9. The molecule has 3 aliphatic rings. The van der Waals surface area contributed by atoms with Crippen molar-refractivity contribution < 1.29 is 23.7 Å². The first-order valence-electron chi connectivity index (χ1n) is 38.3. The quantitative estimate of drug-likeness (QED) is 0.0127. The lowest BCUT2D eigenvalue weighted by Gasteiger charge is -2.12. The van der Waals surface area contributed by atoms with E-state index in [9.17, 15) is 57.0 Å². The van der Waals surface area contributed by atoms with E-state index in [2.05, 4.69) is 95.2 Å². The summed E-state index contributed by atoms with van der Waals surface area (Å²) in [5.74, 6) is 2.63. The molecule has 3 aliphatic carbocycles. The molecule has 39 heteroatoms. The van der Waals surface area contributed by atoms with Gasteiger partial charge in [0, 0.05) is 78.2 Å². The first kappa shape index (κ1) is 92.8. The molecule has 3 saturated carbocycles. The molecule has 3 fully saturated rings. The second-order valence-electron chi connectivity index (χ2n) is 29.2. The molecule has 12 aromatic rings. The fourth-order valence-electron chi connectivity index (χ4n) is 12.4. The van der Waals surface area contributed by atoms with Gasteiger partial charge in [-0.05, 0) is 176 Å². The Morgan fingerprint density at radius 3 is 1.12 bits per heavy atom. The average Bonchev–Trinajstić information content (AvgIpc) is 1.57. The van der Waals surface area contributed by atoms with Crippen LogP contribution in [0.25, 0.3) is 44.7 Å². The molecule has 0 bridgehead atoms. The van der Waals surface area contributed by atoms with Crippen molar-refractivity contribution in [1.29, 1.82) is 0 Å². The van der Waals surface area contributed by atoms with Gasteiger partial charge in [-0.1, -0.05) is 162 Å². The zero-order valence-electron chi connectivity index (χ0n) is 66.3. The number of rotatable bonds is 26. The lowest BCUT2D eigenvalue weighted by molar-refractivity contribution is 0.132. The number of halogens is 6. The lowest BCUT2D eigenvalue weighted by Crippen LogP contribution is -2.40. The molecule has 0 atom stereocenters. The van der Waals surface area contributed by atoms with Gasteiger partial charge in [0.15, 0.2) is 59.7 Å². The fourth-order valence-corrected chi connectivity index (χ4v) is 17.2. The third kappa shape index (κ3) is 22.8. The van der Waals surface area contributed by atoms with E-state index in [-0.39, 0.29) is 59.3 Å². The van der Waals surface area contributed by atoms with Gasteiger partial charge in [0.25, 0.3) is 22.2 Å². The van der Waals surface area contributed by atoms with Gasteiger partial charge in [-0.3, -0.25) is 56.5 Å². The number of thiol groups is 1. The number of nitrogens with zero attached hydrogens (tertiary/aromatic N) is 14. The van der Waals surface area contributed by atoms with Crippen molar-refractivity contribution in [2.24, 2.45) is 28.2 Å². The van der Waals surface area contributed by atoms with Gasteiger partial charge in [0.2, 0.25) is 15.0 Å². The summed E-state index contributed by atoms with van der Waals surface area (Å²) in [7, 11) is 2.47. The minimum absolute atomic E-state index is 0.0185. The predicted octanol–water partition coefficient (Wildman–Crippen LogP) is 11.8. The average molecular weight is 1910 g/mol. The number of alkyl halides is 1. The highest BCUT2D eigenvalue weighted by Crippen LogP contribution is 2.40. The van der Waals surface area contributed by atoms with E-state index < -0.39 is 60.5 Å². The zero-order chi connectivity index (χ0) is 85.9. The molecule has 15 rings (SSSR count). The molecule has 0 unspecified atom stereocenters. The Labute approximate surface area is 729 Å². The number of benzene rings is 4. The molecule has 8 aromatic heterocycles. The zero-order valence-corrected chi connectivity index (χ0v) is 75.9. The van der Waals surface area contributed by atoms with Crippen LogP contribution in [0.2, 0.25) is 20.1 Å². The summed E-state index contributed by atoms with van der Waals surface area (Å²) in [5.41, 5.74) is 0.423. The molecule has 0 radical (unpaired) electrons. The monoisotopic (exact) mass is 1900 g/mol. The van der Waals surface area contributed by atoms with Gasteiger partial charge in [0.05, 0.1) is 48.7 Å². The van der Waals surface area contributed by atoms with Crippen LogP contribution in [0.5, 0.6) is 0 Å². The summed E-state index contributed by atoms with van der Waals surface area (Å²) in [4.78, 5) is 123. The van der Waals surface area contributed by atoms with Crippen LogP contribution in [0, 0.1) is 0 Å². The number of aliphatic hydroxyl groups is 3. The summed E-state index contributed by atoms with van der Waals surface area (Å²) in [6.07, 6.45) is 9.86. The number of thioether (sulfide) groups is 2. The second kappa shape index (κ2) is 40.4. The molecule has 0 amide bonds. The van der Waals surface area contributed by atoms with Crippen molar-refractivity contribution in [3.8, 4) is 0 Å². The summed E-state index contributed by atoms with van der Waals surface area (Å²) in [6.45, 7) is 9.72. The lowest BCUT2D eigenvalue weighted by atomic mass is 10.2. The summed E-state index contributed by atoms with van der Waals surface area (Å²) >= 11 is 37.4. The van der Waals surface area contributed by atoms with Crippen LogP contribution in [0.1, 0.15) is 133 Å². The van der Waals surface area contributed by atoms with Crippen molar-refractivity contribution in [2.45, 2.75) is 183 Å². The Hall–Kier alpha value is -7.52. The molecule has 29 nitrogen and oxygen atoms in total. The highest BCUT2D eigenvalue weighted by Gasteiger charge is 2.42. The molecule has 8 heterocycles. The van der Waals surface area contributed by atoms with Crippen molar-refractivity contribution in [2.75, 3.05) is 28.3 Å². The topological polar surface area (TPSA) is 364 Å². The third-order valence-corrected chi connectivity index (χ3v) is 26.5. The molecule has 0 spiro atoms. The summed E-state index contributed by atoms with van der Waals surface area (Å²) in [6, 6.07) is 29.1. The smallest absolute Gasteiger partial charge is 0.332 e. The van der Waals surface area contributed by atoms with Crippen LogP contribution in [0.3, 0.4) is 0 Å². The molecule has 634 valence electrons. The number of imidazole rings is 4. The fraction of sp³-hybridized carbons (Fsp3) is 0.443. The highest BCUT2D eigenvalue weighted by molar-refractivity contribution is 9.10. The molecular formula is C79H94Br2Cl4N16O13S4. The molecule has 0 saturated heterocycles. The predicted molar refractivity (Wildman–Crippen MR) is 478 cm³/mol. The summed E-state index contributed by atoms with van der Waals surface area (Å²) < 4.78 is 40.9. The van der Waals surface area contributed by atoms with Crippen LogP contribution >= 0.6 is 114 Å². The Kier molecular flexibility index (Phi) is 31.8. The minimum Gasteiger partial charge on any atom is -0.390 e. The number of H-pyrrole nitrogens is 2. The van der Waals surface area contributed by atoms with Crippen LogP contribution in [0.4, 0.5) is 0 Å². The van der Waals surface area contributed by atoms with E-state index in [1.807, 2.05) is 69.8 Å². The van der Waals surface area contributed by atoms with E-state index in [1.54, 1.807) is 92.6 Å². The number of aromatic nitrogens is 16. The van der Waals surface area contributed by atoms with E-state index >= 15 is 0 Å². The first-order valence-corrected chi connectivity index (χ1v) is 46.0. The Morgan fingerprint density at radius 2 is 0.771 bits per heavy atom. The molecular weight excluding hydrogens is 1810 g/mol. The summed E-state index contributed by atoms with van der Waals surface area (Å²) in [5, 5.41) is 34.1. The van der Waals surface area contributed by atoms with Crippen LogP contribution in [0.15, 0.2) is 156 Å². The number of aromatic amines is 2. The number of fused-ring (bicyclic) bond motifs is 4.